The Bertz CT molecular complexity index is 719. The number of aromatic nitrogens is 1. The Morgan fingerprint density at radius 3 is 2.70 bits per heavy atom. The van der Waals surface area contributed by atoms with Crippen molar-refractivity contribution in [2.24, 2.45) is 0 Å². The molecule has 7 heteroatoms. The summed E-state index contributed by atoms with van der Waals surface area (Å²) in [7, 11) is -3.84. The zero-order valence-electron chi connectivity index (χ0n) is 10.7. The van der Waals surface area contributed by atoms with E-state index in [1.807, 2.05) is 0 Å². The predicted octanol–water partition coefficient (Wildman–Crippen LogP) is 1.84. The highest BCUT2D eigenvalue weighted by atomic mass is 32.2. The molecule has 1 aromatic carbocycles. The fraction of sp³-hybridized carbons (Fsp3) is 0.154. The molecule has 1 aromatic heterocycles. The maximum Gasteiger partial charge on any atom is 0.242 e. The van der Waals surface area contributed by atoms with Crippen LogP contribution in [-0.4, -0.2) is 13.4 Å². The van der Waals surface area contributed by atoms with Crippen LogP contribution in [0.15, 0.2) is 47.6 Å². The third-order valence-electron chi connectivity index (χ3n) is 2.73. The summed E-state index contributed by atoms with van der Waals surface area (Å²) in [6.07, 6.45) is 2.04. The molecule has 20 heavy (non-hydrogen) atoms. The first-order valence-corrected chi connectivity index (χ1v) is 7.35. The number of halogens is 1. The first-order valence-electron chi connectivity index (χ1n) is 5.87. The Hall–Kier alpha value is -1.99. The van der Waals surface area contributed by atoms with Gasteiger partial charge in [0.1, 0.15) is 10.7 Å². The molecule has 0 amide bonds. The van der Waals surface area contributed by atoms with Crippen molar-refractivity contribution in [2.75, 3.05) is 5.73 Å². The molecule has 5 nitrogen and oxygen atoms in total. The van der Waals surface area contributed by atoms with Gasteiger partial charge in [-0.25, -0.2) is 17.5 Å². The second kappa shape index (κ2) is 5.56. The van der Waals surface area contributed by atoms with E-state index in [2.05, 4.69) is 9.71 Å². The molecule has 0 aliphatic rings. The second-order valence-electron chi connectivity index (χ2n) is 4.35. The summed E-state index contributed by atoms with van der Waals surface area (Å²) in [4.78, 5) is 3.32. The van der Waals surface area contributed by atoms with Crippen LogP contribution >= 0.6 is 0 Å². The average Bonchev–Trinajstić information content (AvgIpc) is 2.38. The standard InChI is InChI=1S/C13H14FN3O2S/c1-9(10-3-2-4-12(15)5-10)17-20(18,19)13-6-11(14)7-16-8-13/h2-9,17H,15H2,1H3. The van der Waals surface area contributed by atoms with Crippen molar-refractivity contribution in [3.05, 3.63) is 54.1 Å². The van der Waals surface area contributed by atoms with E-state index >= 15 is 0 Å². The SMILES string of the molecule is CC(NS(=O)(=O)c1cncc(F)c1)c1cccc(N)c1. The minimum absolute atomic E-state index is 0.215. The Morgan fingerprint density at radius 2 is 2.05 bits per heavy atom. The largest absolute Gasteiger partial charge is 0.399 e. The molecule has 0 saturated carbocycles. The van der Waals surface area contributed by atoms with Crippen LogP contribution in [0, 0.1) is 5.82 Å². The van der Waals surface area contributed by atoms with E-state index in [1.165, 1.54) is 0 Å². The Balaban J connectivity index is 2.24. The van der Waals surface area contributed by atoms with Crippen LogP contribution in [0.3, 0.4) is 0 Å². The van der Waals surface area contributed by atoms with Crippen molar-refractivity contribution in [1.82, 2.24) is 9.71 Å². The highest BCUT2D eigenvalue weighted by molar-refractivity contribution is 7.89. The second-order valence-corrected chi connectivity index (χ2v) is 6.07. The van der Waals surface area contributed by atoms with Gasteiger partial charge in [0, 0.05) is 17.9 Å². The molecule has 0 saturated heterocycles. The van der Waals surface area contributed by atoms with E-state index < -0.39 is 21.9 Å². The molecule has 106 valence electrons. The van der Waals surface area contributed by atoms with Crippen molar-refractivity contribution in [2.45, 2.75) is 17.9 Å². The average molecular weight is 295 g/mol. The molecule has 3 N–H and O–H groups in total. The number of rotatable bonds is 4. The number of anilines is 1. The molecule has 1 atom stereocenters. The van der Waals surface area contributed by atoms with Gasteiger partial charge in [0.25, 0.3) is 0 Å². The number of nitrogens with zero attached hydrogens (tertiary/aromatic N) is 1. The first-order chi connectivity index (χ1) is 9.38. The lowest BCUT2D eigenvalue weighted by Gasteiger charge is -2.15. The lowest BCUT2D eigenvalue weighted by Crippen LogP contribution is -2.27. The molecular formula is C13H14FN3O2S. The first kappa shape index (κ1) is 14.4. The van der Waals surface area contributed by atoms with Gasteiger partial charge in [0.2, 0.25) is 10.0 Å². The number of benzene rings is 1. The van der Waals surface area contributed by atoms with Crippen molar-refractivity contribution < 1.29 is 12.8 Å². The van der Waals surface area contributed by atoms with Gasteiger partial charge in [-0.2, -0.15) is 0 Å². The van der Waals surface area contributed by atoms with E-state index in [4.69, 9.17) is 5.73 Å². The van der Waals surface area contributed by atoms with Gasteiger partial charge in [-0.1, -0.05) is 12.1 Å². The number of hydrogen-bond acceptors (Lipinski definition) is 4. The van der Waals surface area contributed by atoms with Crippen LogP contribution in [0.2, 0.25) is 0 Å². The quantitative estimate of drug-likeness (QED) is 0.843. The maximum atomic E-state index is 13.0. The van der Waals surface area contributed by atoms with Crippen LogP contribution < -0.4 is 10.5 Å². The number of nitrogens with one attached hydrogen (secondary N) is 1. The van der Waals surface area contributed by atoms with Gasteiger partial charge in [-0.05, 0) is 30.7 Å². The summed E-state index contributed by atoms with van der Waals surface area (Å²) in [6, 6.07) is 7.30. The number of nitrogen functional groups attached to an aromatic ring is 1. The van der Waals surface area contributed by atoms with Crippen LogP contribution in [0.25, 0.3) is 0 Å². The molecule has 2 aromatic rings. The van der Waals surface area contributed by atoms with E-state index in [1.54, 1.807) is 31.2 Å². The highest BCUT2D eigenvalue weighted by Crippen LogP contribution is 2.18. The summed E-state index contributed by atoms with van der Waals surface area (Å²) in [5.74, 6) is -0.704. The van der Waals surface area contributed by atoms with Gasteiger partial charge >= 0.3 is 0 Å². The number of hydrogen-bond donors (Lipinski definition) is 2. The molecular weight excluding hydrogens is 281 g/mol. The summed E-state index contributed by atoms with van der Waals surface area (Å²) in [5, 5.41) is 0. The topological polar surface area (TPSA) is 85.1 Å². The summed E-state index contributed by atoms with van der Waals surface area (Å²) in [5.41, 5.74) is 6.92. The predicted molar refractivity (Wildman–Crippen MR) is 73.8 cm³/mol. The van der Waals surface area contributed by atoms with Crippen molar-refractivity contribution >= 4 is 15.7 Å². The zero-order valence-corrected chi connectivity index (χ0v) is 11.6. The van der Waals surface area contributed by atoms with E-state index in [0.717, 1.165) is 24.0 Å². The van der Waals surface area contributed by atoms with Crippen molar-refractivity contribution in [3.8, 4) is 0 Å². The van der Waals surface area contributed by atoms with Crippen LogP contribution in [0.1, 0.15) is 18.5 Å². The van der Waals surface area contributed by atoms with Crippen molar-refractivity contribution in [3.63, 3.8) is 0 Å². The molecule has 0 radical (unpaired) electrons. The molecule has 0 aliphatic carbocycles. The van der Waals surface area contributed by atoms with Gasteiger partial charge in [-0.15, -0.1) is 0 Å². The third kappa shape index (κ3) is 3.31. The Labute approximate surface area is 116 Å². The summed E-state index contributed by atoms with van der Waals surface area (Å²) in [6.45, 7) is 1.68. The molecule has 1 heterocycles. The summed E-state index contributed by atoms with van der Waals surface area (Å²) < 4.78 is 39.7. The van der Waals surface area contributed by atoms with E-state index in [-0.39, 0.29) is 4.90 Å². The number of sulfonamides is 1. The minimum atomic E-state index is -3.84. The Kier molecular flexibility index (Phi) is 4.01. The van der Waals surface area contributed by atoms with Gasteiger partial charge in [0.15, 0.2) is 0 Å². The maximum absolute atomic E-state index is 13.0. The lowest BCUT2D eigenvalue weighted by atomic mass is 10.1. The normalized spacial score (nSPS) is 13.1. The fourth-order valence-electron chi connectivity index (χ4n) is 1.74. The van der Waals surface area contributed by atoms with E-state index in [9.17, 15) is 12.8 Å². The highest BCUT2D eigenvalue weighted by Gasteiger charge is 2.19. The molecule has 0 aliphatic heterocycles. The molecule has 2 rings (SSSR count). The monoisotopic (exact) mass is 295 g/mol. The molecule has 0 spiro atoms. The minimum Gasteiger partial charge on any atom is -0.399 e. The molecule has 0 bridgehead atoms. The van der Waals surface area contributed by atoms with Crippen LogP contribution in [0.4, 0.5) is 10.1 Å². The van der Waals surface area contributed by atoms with E-state index in [0.29, 0.717) is 5.69 Å². The number of pyridine rings is 1. The fourth-order valence-corrected chi connectivity index (χ4v) is 2.94. The zero-order chi connectivity index (χ0) is 14.8. The molecule has 0 fully saturated rings. The number of nitrogens with two attached hydrogens (primary N) is 1. The smallest absolute Gasteiger partial charge is 0.242 e. The van der Waals surface area contributed by atoms with Gasteiger partial charge < -0.3 is 5.73 Å². The van der Waals surface area contributed by atoms with Crippen LogP contribution in [-0.2, 0) is 10.0 Å². The van der Waals surface area contributed by atoms with Gasteiger partial charge in [-0.3, -0.25) is 4.98 Å². The third-order valence-corrected chi connectivity index (χ3v) is 4.24. The van der Waals surface area contributed by atoms with Crippen molar-refractivity contribution in [1.29, 1.82) is 0 Å². The Morgan fingerprint density at radius 1 is 1.30 bits per heavy atom. The van der Waals surface area contributed by atoms with Crippen LogP contribution in [0.5, 0.6) is 0 Å². The molecule has 1 unspecified atom stereocenters. The summed E-state index contributed by atoms with van der Waals surface area (Å²) >= 11 is 0. The lowest BCUT2D eigenvalue weighted by molar-refractivity contribution is 0.562. The van der Waals surface area contributed by atoms with Gasteiger partial charge in [0.05, 0.1) is 6.20 Å².